The molecule has 0 bridgehead atoms. The second-order valence-corrected chi connectivity index (χ2v) is 14.9. The maximum atomic E-state index is 13.2. The molecule has 2 aliphatic heterocycles. The number of Topliss-reactive ketones (excluding diaryl/α,β-unsaturated/α-hetero) is 1. The molecule has 48 heavy (non-hydrogen) atoms. The van der Waals surface area contributed by atoms with Gasteiger partial charge in [-0.2, -0.15) is 0 Å². The number of allylic oxidation sites excluding steroid dienone is 2. The molecule has 5 amide bonds. The second kappa shape index (κ2) is 19.8. The van der Waals surface area contributed by atoms with Crippen LogP contribution in [0.15, 0.2) is 24.2 Å². The number of urea groups is 1. The number of likely N-dealkylation sites (tertiary alicyclic amines) is 1. The zero-order valence-electron chi connectivity index (χ0n) is 30.4. The lowest BCUT2D eigenvalue weighted by Crippen LogP contribution is -2.60. The van der Waals surface area contributed by atoms with Gasteiger partial charge in [-0.1, -0.05) is 67.7 Å². The van der Waals surface area contributed by atoms with Gasteiger partial charge in [-0.25, -0.2) is 9.59 Å². The number of rotatable bonds is 10. The Balaban J connectivity index is 0.000000629. The largest absolute Gasteiger partial charge is 0.466 e. The summed E-state index contributed by atoms with van der Waals surface area (Å²) in [5, 5.41) is 7.67. The van der Waals surface area contributed by atoms with Crippen molar-refractivity contribution >= 4 is 36.0 Å². The van der Waals surface area contributed by atoms with Crippen molar-refractivity contribution in [1.29, 1.82) is 0 Å². The Bertz CT molecular complexity index is 1170. The molecule has 4 atom stereocenters. The van der Waals surface area contributed by atoms with Gasteiger partial charge in [0.25, 0.3) is 5.91 Å². The highest BCUT2D eigenvalue weighted by molar-refractivity contribution is 6.37. The van der Waals surface area contributed by atoms with Crippen LogP contribution in [0.25, 0.3) is 0 Å². The highest BCUT2D eigenvalue weighted by atomic mass is 16.6. The summed E-state index contributed by atoms with van der Waals surface area (Å²) in [4.78, 5) is 71.3. The van der Waals surface area contributed by atoms with Crippen molar-refractivity contribution in [2.75, 3.05) is 13.2 Å². The number of esters is 1. The minimum Gasteiger partial charge on any atom is -0.466 e. The Labute approximate surface area is 286 Å². The van der Waals surface area contributed by atoms with Gasteiger partial charge in [0.2, 0.25) is 18.1 Å². The van der Waals surface area contributed by atoms with Crippen LogP contribution in [0.2, 0.25) is 0 Å². The molecule has 2 fully saturated rings. The van der Waals surface area contributed by atoms with Gasteiger partial charge in [-0.05, 0) is 68.4 Å². The lowest BCUT2D eigenvalue weighted by molar-refractivity contribution is -0.148. The van der Waals surface area contributed by atoms with E-state index in [0.29, 0.717) is 18.7 Å². The fourth-order valence-electron chi connectivity index (χ4n) is 4.92. The van der Waals surface area contributed by atoms with Crippen LogP contribution >= 0.6 is 0 Å². The summed E-state index contributed by atoms with van der Waals surface area (Å²) in [7, 11) is 0. The number of nitrogens with one attached hydrogen (secondary N) is 3. The molecular weight excluding hydrogens is 618 g/mol. The molecule has 2 heterocycles. The molecule has 0 aromatic rings. The highest BCUT2D eigenvalue weighted by Gasteiger charge is 2.40. The van der Waals surface area contributed by atoms with Gasteiger partial charge in [-0.3, -0.25) is 19.2 Å². The zero-order valence-corrected chi connectivity index (χ0v) is 30.4. The molecule has 13 heteroatoms. The first-order chi connectivity index (χ1) is 22.3. The molecule has 3 aliphatic rings. The number of hydrogen-bond acceptors (Lipinski definition) is 8. The fourth-order valence-corrected chi connectivity index (χ4v) is 4.92. The van der Waals surface area contributed by atoms with Gasteiger partial charge >= 0.3 is 12.0 Å². The third-order valence-electron chi connectivity index (χ3n) is 8.33. The molecule has 1 aliphatic carbocycles. The van der Waals surface area contributed by atoms with Crippen LogP contribution in [0.3, 0.4) is 0 Å². The molecule has 4 unspecified atom stereocenters. The number of nitrogens with zero attached hydrogens (tertiary/aromatic N) is 1. The SMILES string of the molecule is CC(NC=O)C(=O)C(N)=O.CC1CCC1.CC1CCCN1C(=O)C(NC(=O)NC(C(=O)OCC1=CCCC=CO1)C(C)(C)C)C(C)(C)C. The van der Waals surface area contributed by atoms with E-state index < -0.39 is 52.6 Å². The van der Waals surface area contributed by atoms with Crippen LogP contribution < -0.4 is 21.7 Å². The molecule has 0 spiro atoms. The average Bonchev–Trinajstić information content (AvgIpc) is 3.24. The standard InChI is InChI=1S/C25H41N3O5.C5H8N2O3.C5H10/c1-17-12-11-14-28(17)21(29)19(24(2,3)4)26-23(31)27-20(25(5,6)7)22(30)33-16-18-13-9-8-10-15-32-18;1-3(7-2-8)4(9)5(6)10;1-5-3-2-4-5/h10,13,15,17,19-20H,8-9,11-12,14,16H2,1-7H3,(H2,26,27,31);2-3H,1H3,(H2,6,10)(H,7,8);5H,2-4H2,1H3. The molecule has 5 N–H and O–H groups in total. The maximum absolute atomic E-state index is 13.2. The molecule has 13 nitrogen and oxygen atoms in total. The minimum atomic E-state index is -1.04. The number of nitrogens with two attached hydrogens (primary N) is 1. The van der Waals surface area contributed by atoms with E-state index in [1.165, 1.54) is 26.2 Å². The Morgan fingerprint density at radius 1 is 0.979 bits per heavy atom. The summed E-state index contributed by atoms with van der Waals surface area (Å²) in [5.41, 5.74) is 3.53. The van der Waals surface area contributed by atoms with Gasteiger partial charge in [0, 0.05) is 12.6 Å². The third kappa shape index (κ3) is 14.9. The predicted molar refractivity (Wildman–Crippen MR) is 183 cm³/mol. The second-order valence-electron chi connectivity index (χ2n) is 14.9. The fraction of sp³-hybridized carbons (Fsp3) is 0.714. The first kappa shape index (κ1) is 42.1. The average molecular weight is 678 g/mol. The van der Waals surface area contributed by atoms with Gasteiger partial charge in [0.1, 0.15) is 24.4 Å². The molecule has 272 valence electrons. The van der Waals surface area contributed by atoms with Gasteiger partial charge < -0.3 is 36.1 Å². The summed E-state index contributed by atoms with van der Waals surface area (Å²) in [6.07, 6.45) is 13.8. The summed E-state index contributed by atoms with van der Waals surface area (Å²) in [6.45, 7) is 17.7. The van der Waals surface area contributed by atoms with Gasteiger partial charge in [0.15, 0.2) is 0 Å². The first-order valence-corrected chi connectivity index (χ1v) is 16.9. The summed E-state index contributed by atoms with van der Waals surface area (Å²) >= 11 is 0. The van der Waals surface area contributed by atoms with Crippen molar-refractivity contribution in [2.45, 2.75) is 131 Å². The number of carbonyl (C=O) groups excluding carboxylic acids is 6. The number of carbonyl (C=O) groups is 6. The van der Waals surface area contributed by atoms with Gasteiger partial charge in [-0.15, -0.1) is 0 Å². The van der Waals surface area contributed by atoms with Crippen molar-refractivity contribution in [2.24, 2.45) is 22.5 Å². The van der Waals surface area contributed by atoms with Crippen LogP contribution in [0, 0.1) is 16.7 Å². The van der Waals surface area contributed by atoms with Crippen molar-refractivity contribution in [3.63, 3.8) is 0 Å². The Morgan fingerprint density at radius 3 is 2.02 bits per heavy atom. The number of primary amides is 1. The third-order valence-corrected chi connectivity index (χ3v) is 8.33. The first-order valence-electron chi connectivity index (χ1n) is 16.9. The Morgan fingerprint density at radius 2 is 1.56 bits per heavy atom. The van der Waals surface area contributed by atoms with E-state index in [9.17, 15) is 28.8 Å². The van der Waals surface area contributed by atoms with E-state index in [0.717, 1.165) is 31.6 Å². The van der Waals surface area contributed by atoms with E-state index in [2.05, 4.69) is 28.6 Å². The number of amides is 5. The van der Waals surface area contributed by atoms with Crippen LogP contribution in [-0.2, 0) is 33.4 Å². The number of hydrogen-bond donors (Lipinski definition) is 4. The lowest BCUT2D eigenvalue weighted by atomic mass is 9.85. The molecule has 3 rings (SSSR count). The van der Waals surface area contributed by atoms with E-state index in [-0.39, 0.29) is 18.6 Å². The normalized spacial score (nSPS) is 19.4. The van der Waals surface area contributed by atoms with Crippen LogP contribution in [0.4, 0.5) is 4.79 Å². The van der Waals surface area contributed by atoms with Crippen molar-refractivity contribution in [3.8, 4) is 0 Å². The van der Waals surface area contributed by atoms with E-state index in [1.807, 2.05) is 65.5 Å². The Kier molecular flexibility index (Phi) is 17.4. The molecule has 1 saturated carbocycles. The quantitative estimate of drug-likeness (QED) is 0.152. The topological polar surface area (TPSA) is 186 Å². The van der Waals surface area contributed by atoms with Crippen LogP contribution in [0.5, 0.6) is 0 Å². The number of ether oxygens (including phenoxy) is 2. The molecular formula is C35H59N5O8. The van der Waals surface area contributed by atoms with Crippen LogP contribution in [0.1, 0.15) is 107 Å². The molecule has 0 radical (unpaired) electrons. The van der Waals surface area contributed by atoms with E-state index in [1.54, 1.807) is 6.26 Å². The van der Waals surface area contributed by atoms with Gasteiger partial charge in [0.05, 0.1) is 12.3 Å². The van der Waals surface area contributed by atoms with Crippen molar-refractivity contribution < 1.29 is 38.2 Å². The number of ketones is 1. The van der Waals surface area contributed by atoms with E-state index in [4.69, 9.17) is 9.47 Å². The van der Waals surface area contributed by atoms with Crippen LogP contribution in [-0.4, -0.2) is 78.2 Å². The maximum Gasteiger partial charge on any atom is 0.329 e. The smallest absolute Gasteiger partial charge is 0.329 e. The summed E-state index contributed by atoms with van der Waals surface area (Å²) in [5.74, 6) is -0.860. The molecule has 0 aromatic heterocycles. The van der Waals surface area contributed by atoms with Crippen molar-refractivity contribution in [3.05, 3.63) is 24.2 Å². The lowest BCUT2D eigenvalue weighted by Gasteiger charge is -2.36. The monoisotopic (exact) mass is 677 g/mol. The Hall–Kier alpha value is -3.90. The summed E-state index contributed by atoms with van der Waals surface area (Å²) < 4.78 is 10.9. The van der Waals surface area contributed by atoms with E-state index >= 15 is 0 Å². The highest BCUT2D eigenvalue weighted by Crippen LogP contribution is 2.26. The molecule has 1 saturated heterocycles. The predicted octanol–water partition coefficient (Wildman–Crippen LogP) is 3.86. The zero-order chi connectivity index (χ0) is 36.7. The van der Waals surface area contributed by atoms with Crippen molar-refractivity contribution in [1.82, 2.24) is 20.9 Å². The minimum absolute atomic E-state index is 0.00496. The molecule has 0 aromatic carbocycles. The summed E-state index contributed by atoms with van der Waals surface area (Å²) in [6, 6.07) is -2.86.